The first-order chi connectivity index (χ1) is 8.44. The van der Waals surface area contributed by atoms with Gasteiger partial charge in [-0.2, -0.15) is 26.3 Å². The van der Waals surface area contributed by atoms with Crippen LogP contribution in [-0.2, 0) is 6.18 Å². The monoisotopic (exact) mass is 327 g/mol. The van der Waals surface area contributed by atoms with E-state index in [1.165, 1.54) is 0 Å². The van der Waals surface area contributed by atoms with E-state index < -0.39 is 41.4 Å². The predicted octanol–water partition coefficient (Wildman–Crippen LogP) is 3.19. The Balaban J connectivity index is 0.00000361. The molecule has 0 heterocycles. The van der Waals surface area contributed by atoms with Crippen molar-refractivity contribution < 1.29 is 35.8 Å². The lowest BCUT2D eigenvalue weighted by Gasteiger charge is -2.22. The zero-order valence-electron chi connectivity index (χ0n) is 9.47. The molecule has 1 aromatic carbocycles. The summed E-state index contributed by atoms with van der Waals surface area (Å²) in [5, 5.41) is 8.82. The van der Waals surface area contributed by atoms with E-state index in [1.54, 1.807) is 0 Å². The highest BCUT2D eigenvalue weighted by Crippen LogP contribution is 2.33. The second-order valence-electron chi connectivity index (χ2n) is 3.75. The van der Waals surface area contributed by atoms with E-state index in [1.807, 2.05) is 0 Å². The molecule has 0 aliphatic rings. The van der Waals surface area contributed by atoms with E-state index >= 15 is 0 Å². The van der Waals surface area contributed by atoms with E-state index in [4.69, 9.17) is 10.8 Å². The minimum absolute atomic E-state index is 0. The molecule has 0 aromatic heterocycles. The SMILES string of the molecule is Cl.N[C@H](c1ccc(C(F)(F)F)cc1F)[C@@H](O)C(F)(F)F. The molecule has 1 aromatic rings. The maximum atomic E-state index is 13.3. The lowest BCUT2D eigenvalue weighted by Crippen LogP contribution is -2.39. The van der Waals surface area contributed by atoms with Crippen LogP contribution in [0.1, 0.15) is 17.2 Å². The number of hydrogen-bond acceptors (Lipinski definition) is 2. The molecule has 2 nitrogen and oxygen atoms in total. The summed E-state index contributed by atoms with van der Waals surface area (Å²) in [6.45, 7) is 0. The van der Waals surface area contributed by atoms with Gasteiger partial charge in [0, 0.05) is 5.56 Å². The van der Waals surface area contributed by atoms with E-state index in [0.29, 0.717) is 12.1 Å². The van der Waals surface area contributed by atoms with Gasteiger partial charge < -0.3 is 10.8 Å². The second-order valence-corrected chi connectivity index (χ2v) is 3.75. The number of halogens is 8. The van der Waals surface area contributed by atoms with Crippen LogP contribution >= 0.6 is 12.4 Å². The van der Waals surface area contributed by atoms with Gasteiger partial charge in [0.2, 0.25) is 0 Å². The minimum Gasteiger partial charge on any atom is -0.382 e. The summed E-state index contributed by atoms with van der Waals surface area (Å²) in [6.07, 6.45) is -13.0. The summed E-state index contributed by atoms with van der Waals surface area (Å²) in [5.41, 5.74) is 2.79. The van der Waals surface area contributed by atoms with Gasteiger partial charge in [-0.3, -0.25) is 0 Å². The molecule has 0 saturated carbocycles. The minimum atomic E-state index is -5.10. The highest BCUT2D eigenvalue weighted by atomic mass is 35.5. The van der Waals surface area contributed by atoms with Gasteiger partial charge in [0.15, 0.2) is 6.10 Å². The Hall–Kier alpha value is -1.06. The van der Waals surface area contributed by atoms with Crippen LogP contribution in [0.5, 0.6) is 0 Å². The van der Waals surface area contributed by atoms with E-state index in [-0.39, 0.29) is 18.5 Å². The number of aliphatic hydroxyl groups excluding tert-OH is 1. The quantitative estimate of drug-likeness (QED) is 0.820. The molecule has 0 saturated heterocycles. The van der Waals surface area contributed by atoms with Crippen molar-refractivity contribution in [3.8, 4) is 0 Å². The number of alkyl halides is 6. The lowest BCUT2D eigenvalue weighted by molar-refractivity contribution is -0.210. The lowest BCUT2D eigenvalue weighted by atomic mass is 9.99. The average molecular weight is 328 g/mol. The van der Waals surface area contributed by atoms with Gasteiger partial charge in [0.25, 0.3) is 0 Å². The van der Waals surface area contributed by atoms with Crippen LogP contribution in [0.15, 0.2) is 18.2 Å². The van der Waals surface area contributed by atoms with E-state index in [0.717, 1.165) is 0 Å². The molecule has 3 N–H and O–H groups in total. The average Bonchev–Trinajstić information content (AvgIpc) is 2.24. The Morgan fingerprint density at radius 1 is 1.05 bits per heavy atom. The molecule has 0 spiro atoms. The highest BCUT2D eigenvalue weighted by Gasteiger charge is 2.43. The van der Waals surface area contributed by atoms with Crippen molar-refractivity contribution in [3.05, 3.63) is 35.1 Å². The van der Waals surface area contributed by atoms with Crippen LogP contribution in [-0.4, -0.2) is 17.4 Å². The molecule has 0 amide bonds. The fourth-order valence-corrected chi connectivity index (χ4v) is 1.35. The number of benzene rings is 1. The zero-order valence-corrected chi connectivity index (χ0v) is 10.3. The molecule has 0 aliphatic carbocycles. The van der Waals surface area contributed by atoms with Crippen LogP contribution in [0.3, 0.4) is 0 Å². The summed E-state index contributed by atoms with van der Waals surface area (Å²) in [6, 6.07) is -1.32. The molecule has 0 bridgehead atoms. The van der Waals surface area contributed by atoms with Crippen LogP contribution in [0.25, 0.3) is 0 Å². The third kappa shape index (κ3) is 4.22. The van der Waals surface area contributed by atoms with Crippen molar-refractivity contribution in [2.75, 3.05) is 0 Å². The van der Waals surface area contributed by atoms with Crippen LogP contribution in [0, 0.1) is 5.82 Å². The normalized spacial score (nSPS) is 15.4. The topological polar surface area (TPSA) is 46.2 Å². The molecular weight excluding hydrogens is 319 g/mol. The van der Waals surface area contributed by atoms with Crippen molar-refractivity contribution in [3.63, 3.8) is 0 Å². The third-order valence-electron chi connectivity index (χ3n) is 2.36. The second kappa shape index (κ2) is 6.15. The summed E-state index contributed by atoms with van der Waals surface area (Å²) >= 11 is 0. The standard InChI is InChI=1S/C10H8F7NO.ClH/c11-6-3-4(9(12,13)14)1-2-5(6)7(18)8(19)10(15,16)17;/h1-3,7-8,19H,18H2;1H/t7-,8-;/m1./s1. The van der Waals surface area contributed by atoms with Gasteiger partial charge in [-0.1, -0.05) is 6.07 Å². The van der Waals surface area contributed by atoms with Gasteiger partial charge in [-0.15, -0.1) is 12.4 Å². The van der Waals surface area contributed by atoms with Crippen molar-refractivity contribution in [2.45, 2.75) is 24.5 Å². The van der Waals surface area contributed by atoms with Crippen LogP contribution < -0.4 is 5.73 Å². The smallest absolute Gasteiger partial charge is 0.382 e. The maximum absolute atomic E-state index is 13.3. The molecule has 1 rings (SSSR count). The Labute approximate surface area is 114 Å². The van der Waals surface area contributed by atoms with E-state index in [9.17, 15) is 30.7 Å². The molecule has 2 atom stereocenters. The molecule has 0 aliphatic heterocycles. The zero-order chi connectivity index (χ0) is 15.0. The van der Waals surface area contributed by atoms with Gasteiger partial charge in [-0.25, -0.2) is 4.39 Å². The van der Waals surface area contributed by atoms with Gasteiger partial charge >= 0.3 is 12.4 Å². The first-order valence-corrected chi connectivity index (χ1v) is 4.81. The highest BCUT2D eigenvalue weighted by molar-refractivity contribution is 5.85. The predicted molar refractivity (Wildman–Crippen MR) is 57.6 cm³/mol. The van der Waals surface area contributed by atoms with Crippen molar-refractivity contribution in [1.29, 1.82) is 0 Å². The van der Waals surface area contributed by atoms with Crippen molar-refractivity contribution in [1.82, 2.24) is 0 Å². The molecule has 0 unspecified atom stereocenters. The molecule has 116 valence electrons. The molecule has 0 radical (unpaired) electrons. The molecule has 20 heavy (non-hydrogen) atoms. The number of aliphatic hydroxyl groups is 1. The largest absolute Gasteiger partial charge is 0.416 e. The maximum Gasteiger partial charge on any atom is 0.416 e. The number of hydrogen-bond donors (Lipinski definition) is 2. The van der Waals surface area contributed by atoms with Crippen molar-refractivity contribution in [2.24, 2.45) is 5.73 Å². The number of rotatable bonds is 2. The summed E-state index contributed by atoms with van der Waals surface area (Å²) in [5.74, 6) is -1.56. The van der Waals surface area contributed by atoms with Crippen LogP contribution in [0.4, 0.5) is 30.7 Å². The Kier molecular flexibility index (Phi) is 5.82. The van der Waals surface area contributed by atoms with E-state index in [2.05, 4.69) is 0 Å². The molecular formula is C10H9ClF7NO. The Morgan fingerprint density at radius 2 is 1.55 bits per heavy atom. The van der Waals surface area contributed by atoms with Crippen LogP contribution in [0.2, 0.25) is 0 Å². The fraction of sp³-hybridized carbons (Fsp3) is 0.400. The first-order valence-electron chi connectivity index (χ1n) is 4.81. The van der Waals surface area contributed by atoms with Gasteiger partial charge in [0.05, 0.1) is 11.6 Å². The summed E-state index contributed by atoms with van der Waals surface area (Å²) in [7, 11) is 0. The van der Waals surface area contributed by atoms with Crippen molar-refractivity contribution >= 4 is 12.4 Å². The van der Waals surface area contributed by atoms with Gasteiger partial charge in [-0.05, 0) is 12.1 Å². The fourth-order valence-electron chi connectivity index (χ4n) is 1.35. The Morgan fingerprint density at radius 3 is 1.90 bits per heavy atom. The molecule has 0 fully saturated rings. The summed E-state index contributed by atoms with van der Waals surface area (Å²) in [4.78, 5) is 0. The summed E-state index contributed by atoms with van der Waals surface area (Å²) < 4.78 is 86.4. The Bertz CT molecular complexity index is 460. The van der Waals surface area contributed by atoms with Gasteiger partial charge in [0.1, 0.15) is 5.82 Å². The first kappa shape index (κ1) is 18.9. The number of nitrogens with two attached hydrogens (primary N) is 1. The third-order valence-corrected chi connectivity index (χ3v) is 2.36. The molecule has 10 heteroatoms.